The maximum atomic E-state index is 6.12. The molecule has 4 heteroatoms. The topological polar surface area (TPSA) is 25.6 Å². The Morgan fingerprint density at radius 1 is 1.37 bits per heavy atom. The Bertz CT molecular complexity index is 594. The number of benzene rings is 1. The molecule has 0 amide bonds. The highest BCUT2D eigenvalue weighted by molar-refractivity contribution is 9.10. The molecule has 0 radical (unpaired) electrons. The number of fused-ring (bicyclic) bond motifs is 1. The number of hydrogen-bond acceptors (Lipinski definition) is 3. The molecule has 0 aliphatic carbocycles. The molecular weight excluding hydrogens is 306 g/mol. The summed E-state index contributed by atoms with van der Waals surface area (Å²) in [7, 11) is 2.08. The van der Waals surface area contributed by atoms with Gasteiger partial charge in [-0.05, 0) is 43.8 Å². The molecule has 3 rings (SSSR count). The van der Waals surface area contributed by atoms with Gasteiger partial charge >= 0.3 is 0 Å². The Labute approximate surface area is 121 Å². The van der Waals surface area contributed by atoms with Crippen LogP contribution >= 0.6 is 15.9 Å². The lowest BCUT2D eigenvalue weighted by atomic mass is 10.1. The molecule has 1 aliphatic rings. The molecule has 19 heavy (non-hydrogen) atoms. The van der Waals surface area contributed by atoms with Gasteiger partial charge in [0.05, 0.1) is 12.8 Å². The molecule has 2 heterocycles. The highest BCUT2D eigenvalue weighted by Crippen LogP contribution is 2.32. The lowest BCUT2D eigenvalue weighted by Gasteiger charge is -2.29. The predicted octanol–water partition coefficient (Wildman–Crippen LogP) is 3.92. The first kappa shape index (κ1) is 12.8. The second-order valence-electron chi connectivity index (χ2n) is 5.01. The molecular formula is C15H16BrNO2. The first-order chi connectivity index (χ1) is 9.13. The zero-order valence-electron chi connectivity index (χ0n) is 11.0. The van der Waals surface area contributed by atoms with Crippen LogP contribution in [0.5, 0.6) is 5.75 Å². The van der Waals surface area contributed by atoms with Gasteiger partial charge in [0, 0.05) is 16.6 Å². The number of hydrogen-bond donors (Lipinski definition) is 0. The summed E-state index contributed by atoms with van der Waals surface area (Å²) >= 11 is 3.50. The Morgan fingerprint density at radius 3 is 3.00 bits per heavy atom. The van der Waals surface area contributed by atoms with E-state index in [2.05, 4.69) is 40.9 Å². The molecule has 1 aromatic heterocycles. The summed E-state index contributed by atoms with van der Waals surface area (Å²) in [5.41, 5.74) is 2.34. The van der Waals surface area contributed by atoms with E-state index in [0.29, 0.717) is 0 Å². The van der Waals surface area contributed by atoms with E-state index >= 15 is 0 Å². The first-order valence-electron chi connectivity index (χ1n) is 6.31. The van der Waals surface area contributed by atoms with Gasteiger partial charge in [0.1, 0.15) is 17.6 Å². The molecule has 0 fully saturated rings. The van der Waals surface area contributed by atoms with E-state index < -0.39 is 0 Å². The van der Waals surface area contributed by atoms with Crippen LogP contribution < -0.4 is 4.74 Å². The average Bonchev–Trinajstić information content (AvgIpc) is 2.82. The maximum absolute atomic E-state index is 6.12. The summed E-state index contributed by atoms with van der Waals surface area (Å²) in [5.74, 6) is 1.90. The van der Waals surface area contributed by atoms with Crippen LogP contribution in [0.2, 0.25) is 0 Å². The molecule has 100 valence electrons. The van der Waals surface area contributed by atoms with Crippen molar-refractivity contribution >= 4 is 15.9 Å². The normalized spacial score (nSPS) is 19.2. The van der Waals surface area contributed by atoms with Gasteiger partial charge < -0.3 is 9.15 Å². The van der Waals surface area contributed by atoms with Crippen molar-refractivity contribution in [2.75, 3.05) is 13.6 Å². The van der Waals surface area contributed by atoms with Gasteiger partial charge in [-0.15, -0.1) is 0 Å². The second kappa shape index (κ2) is 5.02. The Morgan fingerprint density at radius 2 is 2.21 bits per heavy atom. The van der Waals surface area contributed by atoms with Crippen molar-refractivity contribution in [3.05, 3.63) is 51.9 Å². The highest BCUT2D eigenvalue weighted by atomic mass is 79.9. The summed E-state index contributed by atoms with van der Waals surface area (Å²) in [5, 5.41) is 0. The average molecular weight is 322 g/mol. The largest absolute Gasteiger partial charge is 0.484 e. The number of ether oxygens (including phenoxy) is 1. The monoisotopic (exact) mass is 321 g/mol. The standard InChI is InChI=1S/C15H16BrNO2/c1-10-7-11(3-4-13(10)16)19-15-9-17(2)8-14-12(15)5-6-18-14/h3-7,15H,8-9H2,1-2H3. The van der Waals surface area contributed by atoms with Crippen LogP contribution in [-0.4, -0.2) is 18.5 Å². The third kappa shape index (κ3) is 2.55. The van der Waals surface area contributed by atoms with Crippen LogP contribution in [0.4, 0.5) is 0 Å². The molecule has 1 aliphatic heterocycles. The Kier molecular flexibility index (Phi) is 3.37. The van der Waals surface area contributed by atoms with Crippen LogP contribution in [0, 0.1) is 6.92 Å². The number of rotatable bonds is 2. The lowest BCUT2D eigenvalue weighted by molar-refractivity contribution is 0.120. The Hall–Kier alpha value is -1.26. The molecule has 1 atom stereocenters. The van der Waals surface area contributed by atoms with Crippen LogP contribution in [0.1, 0.15) is 23.0 Å². The smallest absolute Gasteiger partial charge is 0.140 e. The summed E-state index contributed by atoms with van der Waals surface area (Å²) in [6, 6.07) is 8.08. The van der Waals surface area contributed by atoms with Crippen LogP contribution in [-0.2, 0) is 6.54 Å². The summed E-state index contributed by atoms with van der Waals surface area (Å²) < 4.78 is 12.7. The van der Waals surface area contributed by atoms with Gasteiger partial charge in [0.25, 0.3) is 0 Å². The Balaban J connectivity index is 1.86. The number of likely N-dealkylation sites (N-methyl/N-ethyl adjacent to an activating group) is 1. The minimum atomic E-state index is 0.0353. The third-order valence-electron chi connectivity index (χ3n) is 3.43. The van der Waals surface area contributed by atoms with E-state index in [0.717, 1.165) is 29.1 Å². The molecule has 0 saturated carbocycles. The van der Waals surface area contributed by atoms with E-state index in [4.69, 9.17) is 9.15 Å². The number of furan rings is 1. The van der Waals surface area contributed by atoms with Crippen molar-refractivity contribution < 1.29 is 9.15 Å². The highest BCUT2D eigenvalue weighted by Gasteiger charge is 2.27. The summed E-state index contributed by atoms with van der Waals surface area (Å²) in [6.07, 6.45) is 1.78. The van der Waals surface area contributed by atoms with E-state index in [9.17, 15) is 0 Å². The summed E-state index contributed by atoms with van der Waals surface area (Å²) in [4.78, 5) is 2.21. The van der Waals surface area contributed by atoms with Crippen molar-refractivity contribution in [1.29, 1.82) is 0 Å². The van der Waals surface area contributed by atoms with E-state index in [1.807, 2.05) is 18.2 Å². The quantitative estimate of drug-likeness (QED) is 0.838. The minimum Gasteiger partial charge on any atom is -0.484 e. The van der Waals surface area contributed by atoms with Gasteiger partial charge in [0.2, 0.25) is 0 Å². The third-order valence-corrected chi connectivity index (χ3v) is 4.32. The van der Waals surface area contributed by atoms with Crippen molar-refractivity contribution in [3.63, 3.8) is 0 Å². The van der Waals surface area contributed by atoms with Crippen LogP contribution in [0.25, 0.3) is 0 Å². The fourth-order valence-corrected chi connectivity index (χ4v) is 2.66. The summed E-state index contributed by atoms with van der Waals surface area (Å²) in [6.45, 7) is 3.79. The van der Waals surface area contributed by atoms with E-state index in [1.54, 1.807) is 6.26 Å². The first-order valence-corrected chi connectivity index (χ1v) is 7.10. The van der Waals surface area contributed by atoms with E-state index in [-0.39, 0.29) is 6.10 Å². The van der Waals surface area contributed by atoms with Crippen LogP contribution in [0.15, 0.2) is 39.4 Å². The number of aryl methyl sites for hydroxylation is 1. The SMILES string of the molecule is Cc1cc(OC2CN(C)Cc3occc32)ccc1Br. The molecule has 0 saturated heterocycles. The predicted molar refractivity (Wildman–Crippen MR) is 77.3 cm³/mol. The van der Waals surface area contributed by atoms with Gasteiger partial charge in [-0.3, -0.25) is 4.90 Å². The van der Waals surface area contributed by atoms with Crippen molar-refractivity contribution in [2.24, 2.45) is 0 Å². The van der Waals surface area contributed by atoms with Crippen LogP contribution in [0.3, 0.4) is 0 Å². The lowest BCUT2D eigenvalue weighted by Crippen LogP contribution is -2.32. The number of nitrogens with zero attached hydrogens (tertiary/aromatic N) is 1. The molecule has 0 spiro atoms. The minimum absolute atomic E-state index is 0.0353. The van der Waals surface area contributed by atoms with Crippen molar-refractivity contribution in [2.45, 2.75) is 19.6 Å². The molecule has 2 aromatic rings. The molecule has 1 aromatic carbocycles. The zero-order chi connectivity index (χ0) is 13.4. The van der Waals surface area contributed by atoms with Gasteiger partial charge in [-0.25, -0.2) is 0 Å². The van der Waals surface area contributed by atoms with Gasteiger partial charge in [-0.2, -0.15) is 0 Å². The zero-order valence-corrected chi connectivity index (χ0v) is 12.6. The fraction of sp³-hybridized carbons (Fsp3) is 0.333. The molecule has 0 bridgehead atoms. The van der Waals surface area contributed by atoms with Gasteiger partial charge in [-0.1, -0.05) is 15.9 Å². The molecule has 1 unspecified atom stereocenters. The maximum Gasteiger partial charge on any atom is 0.140 e. The second-order valence-corrected chi connectivity index (χ2v) is 5.87. The van der Waals surface area contributed by atoms with Crippen molar-refractivity contribution in [3.8, 4) is 5.75 Å². The van der Waals surface area contributed by atoms with E-state index in [1.165, 1.54) is 11.1 Å². The van der Waals surface area contributed by atoms with Crippen molar-refractivity contribution in [1.82, 2.24) is 4.90 Å². The fourth-order valence-electron chi connectivity index (χ4n) is 2.41. The van der Waals surface area contributed by atoms with Gasteiger partial charge in [0.15, 0.2) is 0 Å². The number of halogens is 1. The molecule has 3 nitrogen and oxygen atoms in total. The molecule has 0 N–H and O–H groups in total.